The molecule has 3 aliphatic rings. The van der Waals surface area contributed by atoms with Crippen molar-refractivity contribution in [3.63, 3.8) is 0 Å². The Labute approximate surface area is 257 Å². The predicted octanol–water partition coefficient (Wildman–Crippen LogP) is 10.0. The summed E-state index contributed by atoms with van der Waals surface area (Å²) in [5.41, 5.74) is 12.4. The second-order valence-electron chi connectivity index (χ2n) is 11.9. The van der Waals surface area contributed by atoms with Gasteiger partial charge in [0.2, 0.25) is 0 Å². The van der Waals surface area contributed by atoms with E-state index in [0.29, 0.717) is 0 Å². The molecule has 0 saturated carbocycles. The van der Waals surface area contributed by atoms with Crippen molar-refractivity contribution in [2.45, 2.75) is 24.8 Å². The smallest absolute Gasteiger partial charge is 0.134 e. The van der Waals surface area contributed by atoms with Gasteiger partial charge in [0.15, 0.2) is 0 Å². The monoisotopic (exact) mass is 565 g/mol. The van der Waals surface area contributed by atoms with E-state index in [9.17, 15) is 0 Å². The van der Waals surface area contributed by atoms with Gasteiger partial charge in [-0.3, -0.25) is 0 Å². The van der Waals surface area contributed by atoms with E-state index in [2.05, 4.69) is 161 Å². The molecule has 3 heterocycles. The normalized spacial score (nSPS) is 18.0. The number of pyridine rings is 1. The van der Waals surface area contributed by atoms with Crippen LogP contribution in [0.1, 0.15) is 29.2 Å². The van der Waals surface area contributed by atoms with E-state index in [4.69, 9.17) is 4.98 Å². The van der Waals surface area contributed by atoms with Gasteiger partial charge in [0.25, 0.3) is 0 Å². The third-order valence-corrected chi connectivity index (χ3v) is 9.38. The number of hydrogen-bond acceptors (Lipinski definition) is 2. The van der Waals surface area contributed by atoms with Gasteiger partial charge in [0.1, 0.15) is 5.82 Å². The number of aromatic nitrogens is 2. The Bertz CT molecular complexity index is 2130. The van der Waals surface area contributed by atoms with Crippen molar-refractivity contribution < 1.29 is 0 Å². The molecule has 2 unspecified atom stereocenters. The minimum absolute atomic E-state index is 0.169. The Morgan fingerprint density at radius 1 is 0.682 bits per heavy atom. The van der Waals surface area contributed by atoms with Gasteiger partial charge in [-0.15, -0.1) is 0 Å². The first kappa shape index (κ1) is 25.1. The van der Waals surface area contributed by atoms with Crippen molar-refractivity contribution in [3.8, 4) is 28.1 Å². The number of rotatable bonds is 4. The van der Waals surface area contributed by atoms with Gasteiger partial charge in [-0.2, -0.15) is 0 Å². The summed E-state index contributed by atoms with van der Waals surface area (Å²) in [7, 11) is 0. The zero-order chi connectivity index (χ0) is 29.0. The Balaban J connectivity index is 1.25. The minimum Gasteiger partial charge on any atom is -0.318 e. The van der Waals surface area contributed by atoms with E-state index in [-0.39, 0.29) is 12.0 Å². The lowest BCUT2D eigenvalue weighted by molar-refractivity contribution is 0.739. The third-order valence-electron chi connectivity index (χ3n) is 9.38. The number of allylic oxidation sites excluding steroid dienone is 3. The molecule has 0 saturated heterocycles. The van der Waals surface area contributed by atoms with Crippen LogP contribution in [0.15, 0.2) is 146 Å². The van der Waals surface area contributed by atoms with Crippen molar-refractivity contribution in [2.24, 2.45) is 0 Å². The van der Waals surface area contributed by atoms with E-state index in [0.717, 1.165) is 29.9 Å². The predicted molar refractivity (Wildman–Crippen MR) is 183 cm³/mol. The van der Waals surface area contributed by atoms with E-state index < -0.39 is 0 Å². The molecule has 9 rings (SSSR count). The summed E-state index contributed by atoms with van der Waals surface area (Å²) in [6, 6.07) is 41.5. The molecule has 0 spiro atoms. The fourth-order valence-corrected chi connectivity index (χ4v) is 7.46. The largest absolute Gasteiger partial charge is 0.318 e. The van der Waals surface area contributed by atoms with Gasteiger partial charge in [0.05, 0.1) is 22.9 Å². The maximum atomic E-state index is 5.38. The van der Waals surface area contributed by atoms with Gasteiger partial charge in [0, 0.05) is 33.8 Å². The molecule has 3 heteroatoms. The van der Waals surface area contributed by atoms with Crippen molar-refractivity contribution in [2.75, 3.05) is 4.90 Å². The zero-order valence-corrected chi connectivity index (χ0v) is 24.3. The summed E-state index contributed by atoms with van der Waals surface area (Å²) in [6.45, 7) is 0. The lowest BCUT2D eigenvalue weighted by Gasteiger charge is -2.28. The second-order valence-corrected chi connectivity index (χ2v) is 11.9. The van der Waals surface area contributed by atoms with Gasteiger partial charge < -0.3 is 9.47 Å². The molecule has 0 fully saturated rings. The number of nitrogens with zero attached hydrogens (tertiary/aromatic N) is 3. The third kappa shape index (κ3) is 3.86. The van der Waals surface area contributed by atoms with Crippen LogP contribution in [-0.4, -0.2) is 15.6 Å². The maximum Gasteiger partial charge on any atom is 0.134 e. The Morgan fingerprint density at radius 2 is 1.45 bits per heavy atom. The quantitative estimate of drug-likeness (QED) is 0.212. The highest BCUT2D eigenvalue weighted by atomic mass is 15.2. The highest BCUT2D eigenvalue weighted by Gasteiger charge is 2.40. The van der Waals surface area contributed by atoms with Crippen molar-refractivity contribution in [1.29, 1.82) is 0 Å². The molecule has 0 amide bonds. The molecule has 2 aromatic heterocycles. The molecule has 4 aromatic carbocycles. The Morgan fingerprint density at radius 3 is 2.34 bits per heavy atom. The molecule has 210 valence electrons. The molecular formula is C41H31N3. The number of anilines is 2. The summed E-state index contributed by atoms with van der Waals surface area (Å²) in [5.74, 6) is 1.25. The van der Waals surface area contributed by atoms with E-state index in [1.54, 1.807) is 0 Å². The van der Waals surface area contributed by atoms with Crippen LogP contribution in [-0.2, 0) is 6.42 Å². The van der Waals surface area contributed by atoms with Crippen LogP contribution >= 0.6 is 0 Å². The lowest BCUT2D eigenvalue weighted by Crippen LogP contribution is -2.29. The minimum atomic E-state index is 0.169. The van der Waals surface area contributed by atoms with Gasteiger partial charge in [-0.05, 0) is 65.9 Å². The van der Waals surface area contributed by atoms with Crippen molar-refractivity contribution >= 4 is 28.5 Å². The van der Waals surface area contributed by atoms with E-state index in [1.807, 2.05) is 0 Å². The van der Waals surface area contributed by atoms with Crippen LogP contribution in [0.2, 0.25) is 0 Å². The number of benzene rings is 4. The standard InChI is InChI=1S/C41H31N3/c1-3-13-28(14-4-1)29-15-11-16-30(27-29)35-21-12-24-39(42-35)44-36-22-9-7-19-32(36)33-25-26-38-40(41(33)44)34-20-8-10-23-37(34)43(38)31-17-5-2-6-18-31/h1-9,11-22,24-27,32,36H,10,23H2. The Kier molecular flexibility index (Phi) is 5.77. The summed E-state index contributed by atoms with van der Waals surface area (Å²) in [4.78, 5) is 7.88. The highest BCUT2D eigenvalue weighted by molar-refractivity contribution is 6.06. The highest BCUT2D eigenvalue weighted by Crippen LogP contribution is 2.53. The molecule has 0 radical (unpaired) electrons. The Hall–Kier alpha value is -5.41. The molecule has 2 atom stereocenters. The summed E-state index contributed by atoms with van der Waals surface area (Å²) < 4.78 is 2.49. The van der Waals surface area contributed by atoms with E-state index in [1.165, 1.54) is 50.2 Å². The molecule has 0 N–H and O–H groups in total. The number of fused-ring (bicyclic) bond motifs is 7. The lowest BCUT2D eigenvalue weighted by atomic mass is 9.90. The van der Waals surface area contributed by atoms with Crippen LogP contribution < -0.4 is 4.90 Å². The van der Waals surface area contributed by atoms with Gasteiger partial charge >= 0.3 is 0 Å². The maximum absolute atomic E-state index is 5.38. The fraction of sp³-hybridized carbons (Fsp3) is 0.0976. The van der Waals surface area contributed by atoms with Gasteiger partial charge in [-0.1, -0.05) is 115 Å². The summed E-state index contributed by atoms with van der Waals surface area (Å²) >= 11 is 0. The number of para-hydroxylation sites is 1. The molecule has 1 aliphatic heterocycles. The summed E-state index contributed by atoms with van der Waals surface area (Å²) in [5, 5.41) is 1.33. The van der Waals surface area contributed by atoms with Gasteiger partial charge in [-0.25, -0.2) is 4.98 Å². The van der Waals surface area contributed by atoms with Crippen molar-refractivity contribution in [1.82, 2.24) is 9.55 Å². The van der Waals surface area contributed by atoms with Crippen LogP contribution in [0, 0.1) is 0 Å². The zero-order valence-electron chi connectivity index (χ0n) is 24.3. The molecule has 6 aromatic rings. The summed E-state index contributed by atoms with van der Waals surface area (Å²) in [6.07, 6.45) is 15.9. The SMILES string of the molecule is C1=CC2c3ccc4c(c5c(n4-c4ccccc4)CCC=C5)c3N(c3cccc(-c4cccc(-c5ccccc5)c4)n3)C2C=C1. The van der Waals surface area contributed by atoms with Crippen molar-refractivity contribution in [3.05, 3.63) is 162 Å². The first-order valence-electron chi connectivity index (χ1n) is 15.5. The van der Waals surface area contributed by atoms with Crippen LogP contribution in [0.25, 0.3) is 45.1 Å². The van der Waals surface area contributed by atoms with E-state index >= 15 is 0 Å². The number of hydrogen-bond donors (Lipinski definition) is 0. The van der Waals surface area contributed by atoms with Crippen LogP contribution in [0.4, 0.5) is 11.5 Å². The average molecular weight is 566 g/mol. The molecule has 2 aliphatic carbocycles. The van der Waals surface area contributed by atoms with Crippen LogP contribution in [0.5, 0.6) is 0 Å². The topological polar surface area (TPSA) is 21.1 Å². The average Bonchev–Trinajstić information content (AvgIpc) is 3.62. The first-order valence-corrected chi connectivity index (χ1v) is 15.5. The second kappa shape index (κ2) is 10.1. The molecule has 0 bridgehead atoms. The first-order chi connectivity index (χ1) is 21.8. The fourth-order valence-electron chi connectivity index (χ4n) is 7.46. The molecule has 44 heavy (non-hydrogen) atoms. The van der Waals surface area contributed by atoms with Crippen LogP contribution in [0.3, 0.4) is 0 Å². The molecule has 3 nitrogen and oxygen atoms in total. The molecular weight excluding hydrogens is 534 g/mol.